The Morgan fingerprint density at radius 2 is 1.82 bits per heavy atom. The Morgan fingerprint density at radius 3 is 2.53 bits per heavy atom. The molecule has 0 saturated heterocycles. The first-order chi connectivity index (χ1) is 16.3. The van der Waals surface area contributed by atoms with E-state index in [1.54, 1.807) is 37.4 Å². The third-order valence-electron chi connectivity index (χ3n) is 5.61. The van der Waals surface area contributed by atoms with Crippen molar-refractivity contribution in [2.75, 3.05) is 12.4 Å². The quantitative estimate of drug-likeness (QED) is 0.484. The molecular formula is C25H27N3O5S. The number of hydrogen-bond donors (Lipinski definition) is 2. The molecule has 2 aromatic carbocycles. The summed E-state index contributed by atoms with van der Waals surface area (Å²) in [4.78, 5) is 17.0. The largest absolute Gasteiger partial charge is 0.493 e. The number of carbonyl (C=O) groups excluding carboxylic acids is 1. The topological polar surface area (TPSA) is 107 Å². The van der Waals surface area contributed by atoms with Crippen LogP contribution in [-0.4, -0.2) is 32.5 Å². The standard InChI is InChI=1S/C25H27N3O5S/c1-17-10-12-22(23(14-17)32-2)33-24-13-11-20(16-26-24)27-25(29)18-6-5-9-21(15-18)34(30,31)28-19-7-3-4-8-19/h5-6,9-16,19,28H,3-4,7-8H2,1-2H3,(H,27,29). The van der Waals surface area contributed by atoms with Crippen LogP contribution in [0.25, 0.3) is 0 Å². The van der Waals surface area contributed by atoms with Crippen LogP contribution < -0.4 is 19.5 Å². The summed E-state index contributed by atoms with van der Waals surface area (Å²) in [7, 11) is -2.12. The number of amides is 1. The van der Waals surface area contributed by atoms with Gasteiger partial charge in [0.15, 0.2) is 11.5 Å². The highest BCUT2D eigenvalue weighted by Crippen LogP contribution is 2.31. The maximum absolute atomic E-state index is 12.7. The summed E-state index contributed by atoms with van der Waals surface area (Å²) in [5.41, 5.74) is 1.73. The Labute approximate surface area is 199 Å². The van der Waals surface area contributed by atoms with E-state index >= 15 is 0 Å². The molecule has 1 aromatic heterocycles. The van der Waals surface area contributed by atoms with Crippen molar-refractivity contribution in [3.05, 3.63) is 71.9 Å². The van der Waals surface area contributed by atoms with E-state index in [1.807, 2.05) is 19.1 Å². The molecule has 1 aliphatic rings. The molecule has 1 amide bonds. The lowest BCUT2D eigenvalue weighted by atomic mass is 10.2. The number of benzene rings is 2. The van der Waals surface area contributed by atoms with Crippen molar-refractivity contribution in [1.29, 1.82) is 0 Å². The van der Waals surface area contributed by atoms with Crippen molar-refractivity contribution in [2.45, 2.75) is 43.5 Å². The van der Waals surface area contributed by atoms with Gasteiger partial charge in [-0.3, -0.25) is 4.79 Å². The molecule has 0 bridgehead atoms. The molecule has 1 aliphatic carbocycles. The van der Waals surface area contributed by atoms with Gasteiger partial charge in [-0.25, -0.2) is 18.1 Å². The third kappa shape index (κ3) is 5.73. The number of nitrogens with zero attached hydrogens (tertiary/aromatic N) is 1. The van der Waals surface area contributed by atoms with Gasteiger partial charge in [-0.1, -0.05) is 25.0 Å². The molecule has 0 aliphatic heterocycles. The van der Waals surface area contributed by atoms with E-state index in [1.165, 1.54) is 18.3 Å². The molecule has 3 aromatic rings. The summed E-state index contributed by atoms with van der Waals surface area (Å²) in [5, 5.41) is 2.73. The fourth-order valence-electron chi connectivity index (χ4n) is 3.83. The van der Waals surface area contributed by atoms with E-state index in [9.17, 15) is 13.2 Å². The minimum Gasteiger partial charge on any atom is -0.493 e. The number of carbonyl (C=O) groups is 1. The number of pyridine rings is 1. The van der Waals surface area contributed by atoms with Gasteiger partial charge in [0, 0.05) is 17.7 Å². The number of rotatable bonds is 8. The maximum Gasteiger partial charge on any atom is 0.255 e. The molecular weight excluding hydrogens is 454 g/mol. The lowest BCUT2D eigenvalue weighted by Crippen LogP contribution is -2.32. The van der Waals surface area contributed by atoms with Crippen LogP contribution in [0, 0.1) is 6.92 Å². The van der Waals surface area contributed by atoms with E-state index in [4.69, 9.17) is 9.47 Å². The van der Waals surface area contributed by atoms with Crippen LogP contribution in [-0.2, 0) is 10.0 Å². The van der Waals surface area contributed by atoms with Gasteiger partial charge in [0.05, 0.1) is 23.9 Å². The number of ether oxygens (including phenoxy) is 2. The number of sulfonamides is 1. The predicted molar refractivity (Wildman–Crippen MR) is 129 cm³/mol. The molecule has 178 valence electrons. The van der Waals surface area contributed by atoms with Gasteiger partial charge >= 0.3 is 0 Å². The van der Waals surface area contributed by atoms with E-state index in [0.717, 1.165) is 31.2 Å². The van der Waals surface area contributed by atoms with E-state index < -0.39 is 15.9 Å². The highest BCUT2D eigenvalue weighted by molar-refractivity contribution is 7.89. The summed E-state index contributed by atoms with van der Waals surface area (Å²) >= 11 is 0. The SMILES string of the molecule is COc1cc(C)ccc1Oc1ccc(NC(=O)c2cccc(S(=O)(=O)NC3CCCC3)c2)cn1. The van der Waals surface area contributed by atoms with E-state index in [0.29, 0.717) is 23.1 Å². The molecule has 0 radical (unpaired) electrons. The van der Waals surface area contributed by atoms with Crippen LogP contribution in [0.3, 0.4) is 0 Å². The molecule has 9 heteroatoms. The third-order valence-corrected chi connectivity index (χ3v) is 7.13. The van der Waals surface area contributed by atoms with Gasteiger partial charge in [-0.2, -0.15) is 0 Å². The highest BCUT2D eigenvalue weighted by atomic mass is 32.2. The van der Waals surface area contributed by atoms with Crippen LogP contribution in [0.15, 0.2) is 65.7 Å². The van der Waals surface area contributed by atoms with Crippen molar-refractivity contribution in [3.63, 3.8) is 0 Å². The molecule has 0 unspecified atom stereocenters. The number of aryl methyl sites for hydroxylation is 1. The smallest absolute Gasteiger partial charge is 0.255 e. The fraction of sp³-hybridized carbons (Fsp3) is 0.280. The lowest BCUT2D eigenvalue weighted by molar-refractivity contribution is 0.102. The van der Waals surface area contributed by atoms with Gasteiger partial charge in [0.25, 0.3) is 5.91 Å². The second kappa shape index (κ2) is 10.2. The van der Waals surface area contributed by atoms with Crippen molar-refractivity contribution in [2.24, 2.45) is 0 Å². The molecule has 1 heterocycles. The number of hydrogen-bond acceptors (Lipinski definition) is 6. The maximum atomic E-state index is 12.7. The first-order valence-electron chi connectivity index (χ1n) is 11.1. The molecule has 8 nitrogen and oxygen atoms in total. The number of aromatic nitrogens is 1. The average Bonchev–Trinajstić information content (AvgIpc) is 3.34. The Kier molecular flexibility index (Phi) is 7.14. The minimum absolute atomic E-state index is 0.0471. The van der Waals surface area contributed by atoms with Crippen LogP contribution in [0.1, 0.15) is 41.6 Å². The first-order valence-corrected chi connectivity index (χ1v) is 12.5. The molecule has 0 spiro atoms. The zero-order valence-corrected chi connectivity index (χ0v) is 19.9. The van der Waals surface area contributed by atoms with Gasteiger partial charge in [0.1, 0.15) is 0 Å². The Hall–Kier alpha value is -3.43. The van der Waals surface area contributed by atoms with Crippen molar-refractivity contribution >= 4 is 21.6 Å². The summed E-state index contributed by atoms with van der Waals surface area (Å²) in [6.45, 7) is 1.96. The second-order valence-corrected chi connectivity index (χ2v) is 9.94. The van der Waals surface area contributed by atoms with Gasteiger partial charge in [-0.15, -0.1) is 0 Å². The average molecular weight is 482 g/mol. The van der Waals surface area contributed by atoms with Crippen LogP contribution in [0.5, 0.6) is 17.4 Å². The fourth-order valence-corrected chi connectivity index (χ4v) is 5.18. The Balaban J connectivity index is 1.42. The molecule has 2 N–H and O–H groups in total. The summed E-state index contributed by atoms with van der Waals surface area (Å²) in [6, 6.07) is 14.8. The molecule has 1 saturated carbocycles. The van der Waals surface area contributed by atoms with Crippen molar-refractivity contribution < 1.29 is 22.7 Å². The predicted octanol–water partition coefficient (Wildman–Crippen LogP) is 4.66. The van der Waals surface area contributed by atoms with Gasteiger partial charge in [-0.05, 0) is 61.7 Å². The summed E-state index contributed by atoms with van der Waals surface area (Å²) in [6.07, 6.45) is 5.18. The van der Waals surface area contributed by atoms with Crippen LogP contribution in [0.4, 0.5) is 5.69 Å². The normalized spacial score (nSPS) is 14.1. The van der Waals surface area contributed by atoms with Crippen molar-refractivity contribution in [3.8, 4) is 17.4 Å². The van der Waals surface area contributed by atoms with E-state index in [-0.39, 0.29) is 16.5 Å². The molecule has 0 atom stereocenters. The second-order valence-electron chi connectivity index (χ2n) is 8.23. The zero-order chi connectivity index (χ0) is 24.1. The number of methoxy groups -OCH3 is 1. The first kappa shape index (κ1) is 23.7. The van der Waals surface area contributed by atoms with Gasteiger partial charge < -0.3 is 14.8 Å². The summed E-state index contributed by atoms with van der Waals surface area (Å²) < 4.78 is 39.2. The monoisotopic (exact) mass is 481 g/mol. The van der Waals surface area contributed by atoms with E-state index in [2.05, 4.69) is 15.0 Å². The van der Waals surface area contributed by atoms with Crippen molar-refractivity contribution in [1.82, 2.24) is 9.71 Å². The Bertz CT molecular complexity index is 1270. The Morgan fingerprint density at radius 1 is 1.03 bits per heavy atom. The van der Waals surface area contributed by atoms with Gasteiger partial charge in [0.2, 0.25) is 15.9 Å². The lowest BCUT2D eigenvalue weighted by Gasteiger charge is -2.13. The van der Waals surface area contributed by atoms with Crippen LogP contribution in [0.2, 0.25) is 0 Å². The highest BCUT2D eigenvalue weighted by Gasteiger charge is 2.23. The molecule has 4 rings (SSSR count). The molecule has 1 fully saturated rings. The number of anilines is 1. The molecule has 34 heavy (non-hydrogen) atoms. The zero-order valence-electron chi connectivity index (χ0n) is 19.1. The number of nitrogens with one attached hydrogen (secondary N) is 2. The summed E-state index contributed by atoms with van der Waals surface area (Å²) in [5.74, 6) is 1.03. The minimum atomic E-state index is -3.69. The van der Waals surface area contributed by atoms with Crippen LogP contribution >= 0.6 is 0 Å².